The Morgan fingerprint density at radius 3 is 2.52 bits per heavy atom. The predicted octanol–water partition coefficient (Wildman–Crippen LogP) is 4.52. The summed E-state index contributed by atoms with van der Waals surface area (Å²) in [6.45, 7) is 6.69. The molecule has 0 saturated carbocycles. The maximum absolute atomic E-state index is 13.1. The molecule has 9 heteroatoms. The summed E-state index contributed by atoms with van der Waals surface area (Å²) in [7, 11) is 3.15. The van der Waals surface area contributed by atoms with Gasteiger partial charge in [-0.1, -0.05) is 43.3 Å². The largest absolute Gasteiger partial charge is 0.493 e. The Balaban J connectivity index is 1.79. The molecular weight excluding hydrogens is 462 g/mol. The summed E-state index contributed by atoms with van der Waals surface area (Å²) in [6, 6.07) is 10.6. The number of hydrogen-bond donors (Lipinski definition) is 1. The van der Waals surface area contributed by atoms with E-state index in [4.69, 9.17) is 21.1 Å². The number of rotatable bonds is 9. The Labute approximate surface area is 202 Å². The van der Waals surface area contributed by atoms with Gasteiger partial charge in [0.15, 0.2) is 16.7 Å². The Hall–Kier alpha value is -2.71. The first-order valence-corrected chi connectivity index (χ1v) is 11.8. The fraction of sp³-hybridized carbons (Fsp3) is 0.375. The van der Waals surface area contributed by atoms with Crippen molar-refractivity contribution in [2.24, 2.45) is 5.92 Å². The van der Waals surface area contributed by atoms with E-state index in [1.165, 1.54) is 11.8 Å². The lowest BCUT2D eigenvalue weighted by atomic mass is 10.2. The topological polar surface area (TPSA) is 82.5 Å². The van der Waals surface area contributed by atoms with E-state index in [2.05, 4.69) is 10.3 Å². The molecule has 1 unspecified atom stereocenters. The standard InChI is InChI=1S/C24H28ClN3O4S/c1-14(2)13-28-23(30)18-11-17(25)7-8-19(18)27-24(28)33-15(3)22(29)26-12-16-6-9-20(31-4)21(10-16)32-5/h6-11,14-15H,12-13H2,1-5H3,(H,26,29). The van der Waals surface area contributed by atoms with Crippen molar-refractivity contribution in [1.29, 1.82) is 0 Å². The van der Waals surface area contributed by atoms with Gasteiger partial charge in [0.25, 0.3) is 5.56 Å². The van der Waals surface area contributed by atoms with Crippen LogP contribution in [0.5, 0.6) is 11.5 Å². The first kappa shape index (κ1) is 24.9. The number of thioether (sulfide) groups is 1. The van der Waals surface area contributed by atoms with Crippen LogP contribution in [0.4, 0.5) is 0 Å². The van der Waals surface area contributed by atoms with Crippen molar-refractivity contribution in [2.75, 3.05) is 14.2 Å². The van der Waals surface area contributed by atoms with E-state index in [0.717, 1.165) is 5.56 Å². The second-order valence-electron chi connectivity index (χ2n) is 8.03. The van der Waals surface area contributed by atoms with Crippen LogP contribution >= 0.6 is 23.4 Å². The molecule has 1 N–H and O–H groups in total. The number of halogens is 1. The summed E-state index contributed by atoms with van der Waals surface area (Å²) in [4.78, 5) is 30.6. The third-order valence-electron chi connectivity index (χ3n) is 4.99. The predicted molar refractivity (Wildman–Crippen MR) is 133 cm³/mol. The van der Waals surface area contributed by atoms with Gasteiger partial charge in [-0.3, -0.25) is 14.2 Å². The molecule has 0 bridgehead atoms. The first-order valence-electron chi connectivity index (χ1n) is 10.6. The number of nitrogens with one attached hydrogen (secondary N) is 1. The minimum Gasteiger partial charge on any atom is -0.493 e. The molecule has 1 atom stereocenters. The molecule has 0 radical (unpaired) electrons. The van der Waals surface area contributed by atoms with E-state index in [-0.39, 0.29) is 17.4 Å². The Morgan fingerprint density at radius 1 is 1.12 bits per heavy atom. The Bertz CT molecular complexity index is 1210. The second kappa shape index (κ2) is 10.9. The number of carbonyl (C=O) groups excluding carboxylic acids is 1. The van der Waals surface area contributed by atoms with Gasteiger partial charge in [0.05, 0.1) is 30.4 Å². The zero-order valence-corrected chi connectivity index (χ0v) is 20.9. The zero-order valence-electron chi connectivity index (χ0n) is 19.3. The Morgan fingerprint density at radius 2 is 1.85 bits per heavy atom. The smallest absolute Gasteiger partial charge is 0.262 e. The van der Waals surface area contributed by atoms with Gasteiger partial charge in [-0.25, -0.2) is 4.98 Å². The van der Waals surface area contributed by atoms with Crippen LogP contribution in [-0.4, -0.2) is 34.9 Å². The number of fused-ring (bicyclic) bond motifs is 1. The third-order valence-corrected chi connectivity index (χ3v) is 6.32. The molecule has 0 aliphatic carbocycles. The summed E-state index contributed by atoms with van der Waals surface area (Å²) < 4.78 is 12.2. The lowest BCUT2D eigenvalue weighted by Gasteiger charge is -2.18. The number of ether oxygens (including phenoxy) is 2. The van der Waals surface area contributed by atoms with Gasteiger partial charge in [0, 0.05) is 18.1 Å². The van der Waals surface area contributed by atoms with Crippen molar-refractivity contribution in [3.8, 4) is 11.5 Å². The monoisotopic (exact) mass is 489 g/mol. The molecular formula is C24H28ClN3O4S. The minimum atomic E-state index is -0.458. The van der Waals surface area contributed by atoms with Gasteiger partial charge in [-0.2, -0.15) is 0 Å². The van der Waals surface area contributed by atoms with Crippen LogP contribution < -0.4 is 20.3 Å². The maximum Gasteiger partial charge on any atom is 0.262 e. The minimum absolute atomic E-state index is 0.156. The molecule has 33 heavy (non-hydrogen) atoms. The maximum atomic E-state index is 13.1. The number of benzene rings is 2. The van der Waals surface area contributed by atoms with Gasteiger partial charge in [0.2, 0.25) is 5.91 Å². The van der Waals surface area contributed by atoms with Gasteiger partial charge in [-0.15, -0.1) is 0 Å². The highest BCUT2D eigenvalue weighted by atomic mass is 35.5. The lowest BCUT2D eigenvalue weighted by Crippen LogP contribution is -2.32. The lowest BCUT2D eigenvalue weighted by molar-refractivity contribution is -0.120. The summed E-state index contributed by atoms with van der Waals surface area (Å²) in [6.07, 6.45) is 0. The number of aromatic nitrogens is 2. The number of methoxy groups -OCH3 is 2. The number of amides is 1. The van der Waals surface area contributed by atoms with Gasteiger partial charge in [0.1, 0.15) is 0 Å². The molecule has 0 fully saturated rings. The molecule has 0 aliphatic rings. The molecule has 176 valence electrons. The quantitative estimate of drug-likeness (QED) is 0.351. The van der Waals surface area contributed by atoms with E-state index < -0.39 is 5.25 Å². The van der Waals surface area contributed by atoms with Crippen LogP contribution in [0.25, 0.3) is 10.9 Å². The van der Waals surface area contributed by atoms with Crippen molar-refractivity contribution >= 4 is 40.2 Å². The molecule has 0 spiro atoms. The molecule has 3 rings (SSSR count). The fourth-order valence-electron chi connectivity index (χ4n) is 3.32. The average molecular weight is 490 g/mol. The summed E-state index contributed by atoms with van der Waals surface area (Å²) in [5.41, 5.74) is 1.29. The van der Waals surface area contributed by atoms with Gasteiger partial charge >= 0.3 is 0 Å². The zero-order chi connectivity index (χ0) is 24.1. The molecule has 2 aromatic carbocycles. The van der Waals surface area contributed by atoms with Crippen molar-refractivity contribution < 1.29 is 14.3 Å². The molecule has 3 aromatic rings. The summed E-state index contributed by atoms with van der Waals surface area (Å²) >= 11 is 7.35. The normalized spacial score (nSPS) is 12.1. The van der Waals surface area contributed by atoms with Crippen molar-refractivity contribution in [1.82, 2.24) is 14.9 Å². The van der Waals surface area contributed by atoms with Crippen LogP contribution in [0.1, 0.15) is 26.3 Å². The molecule has 7 nitrogen and oxygen atoms in total. The van der Waals surface area contributed by atoms with Gasteiger partial charge < -0.3 is 14.8 Å². The molecule has 0 aliphatic heterocycles. The third kappa shape index (κ3) is 6.00. The van der Waals surface area contributed by atoms with Crippen LogP contribution in [0.15, 0.2) is 46.3 Å². The van der Waals surface area contributed by atoms with Crippen LogP contribution in [0.2, 0.25) is 5.02 Å². The fourth-order valence-corrected chi connectivity index (χ4v) is 4.44. The highest BCUT2D eigenvalue weighted by Crippen LogP contribution is 2.28. The molecule has 0 saturated heterocycles. The first-order chi connectivity index (χ1) is 15.7. The van der Waals surface area contributed by atoms with Crippen molar-refractivity contribution in [3.05, 3.63) is 57.3 Å². The number of carbonyl (C=O) groups is 1. The van der Waals surface area contributed by atoms with Crippen LogP contribution in [-0.2, 0) is 17.9 Å². The van der Waals surface area contributed by atoms with Crippen LogP contribution in [0.3, 0.4) is 0 Å². The van der Waals surface area contributed by atoms with E-state index in [1.54, 1.807) is 50.0 Å². The van der Waals surface area contributed by atoms with E-state index >= 15 is 0 Å². The average Bonchev–Trinajstić information content (AvgIpc) is 2.79. The van der Waals surface area contributed by atoms with E-state index in [1.807, 2.05) is 26.0 Å². The van der Waals surface area contributed by atoms with E-state index in [0.29, 0.717) is 45.7 Å². The summed E-state index contributed by atoms with van der Waals surface area (Å²) in [5.74, 6) is 1.30. The molecule has 1 aromatic heterocycles. The molecule has 1 heterocycles. The van der Waals surface area contributed by atoms with Crippen molar-refractivity contribution in [2.45, 2.75) is 44.3 Å². The van der Waals surface area contributed by atoms with E-state index in [9.17, 15) is 9.59 Å². The van der Waals surface area contributed by atoms with Crippen LogP contribution in [0, 0.1) is 5.92 Å². The van der Waals surface area contributed by atoms with Crippen molar-refractivity contribution in [3.63, 3.8) is 0 Å². The highest BCUT2D eigenvalue weighted by molar-refractivity contribution is 8.00. The SMILES string of the molecule is COc1ccc(CNC(=O)C(C)Sc2nc3ccc(Cl)cc3c(=O)n2CC(C)C)cc1OC. The summed E-state index contributed by atoms with van der Waals surface area (Å²) in [5, 5.41) is 3.95. The Kier molecular flexibility index (Phi) is 8.26. The van der Waals surface area contributed by atoms with Gasteiger partial charge in [-0.05, 0) is 48.7 Å². The number of nitrogens with zero attached hydrogens (tertiary/aromatic N) is 2. The number of hydrogen-bond acceptors (Lipinski definition) is 6. The highest BCUT2D eigenvalue weighted by Gasteiger charge is 2.20. The second-order valence-corrected chi connectivity index (χ2v) is 9.78. The molecule has 1 amide bonds.